The summed E-state index contributed by atoms with van der Waals surface area (Å²) < 4.78 is 42.0. The molecule has 7 nitrogen and oxygen atoms in total. The van der Waals surface area contributed by atoms with Crippen molar-refractivity contribution in [1.82, 2.24) is 14.7 Å². The molecule has 0 atom stereocenters. The Labute approximate surface area is 227 Å². The average Bonchev–Trinajstić information content (AvgIpc) is 3.22. The Hall–Kier alpha value is -3.82. The smallest absolute Gasteiger partial charge is 0.315 e. The Balaban J connectivity index is 1.87. The van der Waals surface area contributed by atoms with E-state index in [1.54, 1.807) is 10.7 Å². The topological polar surface area (TPSA) is 79.3 Å². The summed E-state index contributed by atoms with van der Waals surface area (Å²) in [6.45, 7) is 13.5. The minimum atomic E-state index is -4.64. The first-order valence-electron chi connectivity index (χ1n) is 12.8. The van der Waals surface area contributed by atoms with Gasteiger partial charge in [0, 0.05) is 18.0 Å². The first kappa shape index (κ1) is 29.7. The number of amides is 3. The van der Waals surface area contributed by atoms with Gasteiger partial charge in [-0.3, -0.25) is 4.79 Å². The van der Waals surface area contributed by atoms with E-state index in [4.69, 9.17) is 5.10 Å². The van der Waals surface area contributed by atoms with Crippen LogP contribution in [0.1, 0.15) is 57.0 Å². The normalized spacial score (nSPS) is 12.0. The van der Waals surface area contributed by atoms with E-state index in [-0.39, 0.29) is 30.1 Å². The molecular weight excluding hydrogens is 507 g/mol. The number of nitrogens with zero attached hydrogens (tertiary/aromatic N) is 3. The number of anilines is 2. The molecule has 0 bridgehead atoms. The van der Waals surface area contributed by atoms with Crippen molar-refractivity contribution in [2.45, 2.75) is 60.1 Å². The highest BCUT2D eigenvalue weighted by atomic mass is 19.4. The fraction of sp³-hybridized carbons (Fsp3) is 0.414. The number of hydrogen-bond acceptors (Lipinski definition) is 3. The second-order valence-electron chi connectivity index (χ2n) is 11.2. The fourth-order valence-corrected chi connectivity index (χ4v) is 4.11. The summed E-state index contributed by atoms with van der Waals surface area (Å²) >= 11 is 0. The number of hydrogen-bond donors (Lipinski definition) is 2. The number of carbonyl (C=O) groups is 2. The monoisotopic (exact) mass is 543 g/mol. The highest BCUT2D eigenvalue weighted by Crippen LogP contribution is 2.34. The van der Waals surface area contributed by atoms with Crippen molar-refractivity contribution in [3.05, 3.63) is 70.9 Å². The van der Waals surface area contributed by atoms with Crippen molar-refractivity contribution in [3.63, 3.8) is 0 Å². The summed E-state index contributed by atoms with van der Waals surface area (Å²) in [5.41, 5.74) is 2.00. The summed E-state index contributed by atoms with van der Waals surface area (Å²) in [7, 11) is 0. The van der Waals surface area contributed by atoms with Crippen molar-refractivity contribution >= 4 is 23.4 Å². The molecule has 0 saturated carbocycles. The zero-order chi connectivity index (χ0) is 29.1. The van der Waals surface area contributed by atoms with Gasteiger partial charge in [-0.05, 0) is 43.5 Å². The summed E-state index contributed by atoms with van der Waals surface area (Å²) in [5, 5.41) is 9.95. The Morgan fingerprint density at radius 3 is 2.26 bits per heavy atom. The van der Waals surface area contributed by atoms with Crippen LogP contribution in [0.4, 0.5) is 29.5 Å². The van der Waals surface area contributed by atoms with Crippen LogP contribution in [0.2, 0.25) is 0 Å². The van der Waals surface area contributed by atoms with Crippen molar-refractivity contribution in [3.8, 4) is 5.69 Å². The van der Waals surface area contributed by atoms with Crippen LogP contribution >= 0.6 is 0 Å². The van der Waals surface area contributed by atoms with Crippen molar-refractivity contribution in [2.24, 2.45) is 5.92 Å². The number of benzene rings is 2. The summed E-state index contributed by atoms with van der Waals surface area (Å²) in [6, 6.07) is 11.6. The van der Waals surface area contributed by atoms with Crippen LogP contribution in [0.15, 0.2) is 48.5 Å². The molecule has 1 aromatic heterocycles. The van der Waals surface area contributed by atoms with E-state index >= 15 is 0 Å². The van der Waals surface area contributed by atoms with Gasteiger partial charge in [0.15, 0.2) is 0 Å². The fourth-order valence-electron chi connectivity index (χ4n) is 4.11. The van der Waals surface area contributed by atoms with Gasteiger partial charge in [-0.1, -0.05) is 64.4 Å². The Morgan fingerprint density at radius 2 is 1.67 bits per heavy atom. The molecule has 3 rings (SSSR count). The van der Waals surface area contributed by atoms with E-state index in [0.717, 1.165) is 28.6 Å². The number of nitrogens with one attached hydrogen (secondary N) is 2. The summed E-state index contributed by atoms with van der Waals surface area (Å²) in [5.74, 6) is -0.0971. The molecular formula is C29H36F3N5O2. The molecule has 0 spiro atoms. The summed E-state index contributed by atoms with van der Waals surface area (Å²) in [6.07, 6.45) is -4.64. The van der Waals surface area contributed by atoms with Crippen LogP contribution in [-0.2, 0) is 16.4 Å². The molecule has 0 radical (unpaired) electrons. The van der Waals surface area contributed by atoms with E-state index in [1.807, 2.05) is 66.7 Å². The standard InChI is InChI=1S/C29H36F3N5O2/c1-18(2)16-36(27(39)33-22-11-9-8-10-21(22)29(30,31)32)17-26(38)34-25-15-24(28(5,6)7)35-37(25)23-13-12-19(3)14-20(23)4/h8-15,18H,16-17H2,1-7H3,(H,33,39)(H,34,38). The van der Waals surface area contributed by atoms with Crippen LogP contribution in [0.25, 0.3) is 5.69 Å². The molecule has 3 amide bonds. The molecule has 2 N–H and O–H groups in total. The van der Waals surface area contributed by atoms with Crippen molar-refractivity contribution < 1.29 is 22.8 Å². The Morgan fingerprint density at radius 1 is 1.00 bits per heavy atom. The van der Waals surface area contributed by atoms with Crippen LogP contribution in [0, 0.1) is 19.8 Å². The van der Waals surface area contributed by atoms with E-state index in [9.17, 15) is 22.8 Å². The summed E-state index contributed by atoms with van der Waals surface area (Å²) in [4.78, 5) is 27.5. The molecule has 3 aromatic rings. The van der Waals surface area contributed by atoms with Crippen LogP contribution in [0.3, 0.4) is 0 Å². The first-order valence-corrected chi connectivity index (χ1v) is 12.8. The van der Waals surface area contributed by atoms with Gasteiger partial charge in [-0.15, -0.1) is 0 Å². The molecule has 0 unspecified atom stereocenters. The number of aryl methyl sites for hydroxylation is 2. The van der Waals surface area contributed by atoms with E-state index in [2.05, 4.69) is 10.6 Å². The molecule has 10 heteroatoms. The number of aromatic nitrogens is 2. The molecule has 210 valence electrons. The van der Waals surface area contributed by atoms with Gasteiger partial charge in [0.05, 0.1) is 22.6 Å². The Kier molecular flexibility index (Phi) is 8.77. The molecule has 1 heterocycles. The second kappa shape index (κ2) is 11.5. The largest absolute Gasteiger partial charge is 0.418 e. The van der Waals surface area contributed by atoms with Crippen molar-refractivity contribution in [1.29, 1.82) is 0 Å². The SMILES string of the molecule is Cc1ccc(-n2nc(C(C)(C)C)cc2NC(=O)CN(CC(C)C)C(=O)Nc2ccccc2C(F)(F)F)c(C)c1. The number of para-hydroxylation sites is 1. The zero-order valence-electron chi connectivity index (χ0n) is 23.4. The quantitative estimate of drug-likeness (QED) is 0.339. The third-order valence-corrected chi connectivity index (χ3v) is 6.01. The minimum Gasteiger partial charge on any atom is -0.315 e. The van der Waals surface area contributed by atoms with Crippen LogP contribution < -0.4 is 10.6 Å². The number of rotatable bonds is 7. The third kappa shape index (κ3) is 7.61. The molecule has 0 fully saturated rings. The lowest BCUT2D eigenvalue weighted by molar-refractivity contribution is -0.137. The lowest BCUT2D eigenvalue weighted by Gasteiger charge is -2.25. The highest BCUT2D eigenvalue weighted by Gasteiger charge is 2.34. The van der Waals surface area contributed by atoms with Crippen LogP contribution in [0.5, 0.6) is 0 Å². The van der Waals surface area contributed by atoms with Gasteiger partial charge in [0.2, 0.25) is 5.91 Å². The average molecular weight is 544 g/mol. The zero-order valence-corrected chi connectivity index (χ0v) is 23.4. The molecule has 0 saturated heterocycles. The Bertz CT molecular complexity index is 1340. The molecule has 0 aliphatic heterocycles. The third-order valence-electron chi connectivity index (χ3n) is 6.01. The number of carbonyl (C=O) groups excluding carboxylic acids is 2. The van der Waals surface area contributed by atoms with Gasteiger partial charge in [-0.2, -0.15) is 18.3 Å². The number of urea groups is 1. The van der Waals surface area contributed by atoms with E-state index < -0.39 is 23.7 Å². The first-order chi connectivity index (χ1) is 18.1. The maximum absolute atomic E-state index is 13.4. The molecule has 39 heavy (non-hydrogen) atoms. The van der Waals surface area contributed by atoms with Gasteiger partial charge in [0.25, 0.3) is 0 Å². The van der Waals surface area contributed by atoms with Gasteiger partial charge in [-0.25, -0.2) is 9.48 Å². The maximum Gasteiger partial charge on any atom is 0.418 e. The lowest BCUT2D eigenvalue weighted by atomic mass is 9.92. The van der Waals surface area contributed by atoms with Crippen molar-refractivity contribution in [2.75, 3.05) is 23.7 Å². The number of alkyl halides is 3. The minimum absolute atomic E-state index is 0.0327. The van der Waals surface area contributed by atoms with E-state index in [1.165, 1.54) is 23.1 Å². The predicted octanol–water partition coefficient (Wildman–Crippen LogP) is 6.93. The predicted molar refractivity (Wildman–Crippen MR) is 147 cm³/mol. The number of halogens is 3. The van der Waals surface area contributed by atoms with Gasteiger partial charge >= 0.3 is 12.2 Å². The molecule has 0 aliphatic rings. The van der Waals surface area contributed by atoms with Gasteiger partial charge in [0.1, 0.15) is 12.4 Å². The second-order valence-corrected chi connectivity index (χ2v) is 11.2. The lowest BCUT2D eigenvalue weighted by Crippen LogP contribution is -2.43. The van der Waals surface area contributed by atoms with Gasteiger partial charge < -0.3 is 15.5 Å². The maximum atomic E-state index is 13.4. The highest BCUT2D eigenvalue weighted by molar-refractivity contribution is 5.97. The van der Waals surface area contributed by atoms with Crippen LogP contribution in [-0.4, -0.2) is 39.7 Å². The molecule has 0 aliphatic carbocycles. The van der Waals surface area contributed by atoms with E-state index in [0.29, 0.717) is 5.82 Å². The molecule has 2 aromatic carbocycles.